The van der Waals surface area contributed by atoms with Gasteiger partial charge in [0.05, 0.1) is 11.4 Å². The summed E-state index contributed by atoms with van der Waals surface area (Å²) in [4.78, 5) is 12.1. The summed E-state index contributed by atoms with van der Waals surface area (Å²) in [7, 11) is -3.85. The molecule has 0 atom stereocenters. The number of carbonyl (C=O) groups is 1. The lowest BCUT2D eigenvalue weighted by Crippen LogP contribution is -2.49. The molecule has 0 radical (unpaired) electrons. The van der Waals surface area contributed by atoms with Crippen molar-refractivity contribution in [3.63, 3.8) is 0 Å². The monoisotopic (exact) mass is 368 g/mol. The second-order valence-corrected chi connectivity index (χ2v) is 7.03. The van der Waals surface area contributed by atoms with Crippen LogP contribution in [0.25, 0.3) is 0 Å². The normalized spacial score (nSPS) is 17.6. The van der Waals surface area contributed by atoms with Crippen LogP contribution in [0.15, 0.2) is 29.2 Å². The van der Waals surface area contributed by atoms with E-state index in [4.69, 9.17) is 5.11 Å². The van der Waals surface area contributed by atoms with E-state index in [0.717, 1.165) is 24.3 Å². The number of carboxylic acid groups (broad SMARTS) is 1. The summed E-state index contributed by atoms with van der Waals surface area (Å²) in [5.74, 6) is -1.50. The van der Waals surface area contributed by atoms with Gasteiger partial charge in [-0.25, -0.2) is 8.42 Å². The SMILES string of the molecule is O=C(O)CN1CCN(S(=O)(=O)c2ccc(OC(F)(F)F)cc2)CC1. The van der Waals surface area contributed by atoms with Gasteiger partial charge in [0.25, 0.3) is 0 Å². The number of hydrogen-bond acceptors (Lipinski definition) is 5. The van der Waals surface area contributed by atoms with Gasteiger partial charge in [-0.15, -0.1) is 13.2 Å². The number of aliphatic carboxylic acids is 1. The van der Waals surface area contributed by atoms with Crippen LogP contribution in [0, 0.1) is 0 Å². The summed E-state index contributed by atoms with van der Waals surface area (Å²) < 4.78 is 66.0. The quantitative estimate of drug-likeness (QED) is 0.834. The number of alkyl halides is 3. The van der Waals surface area contributed by atoms with Crippen LogP contribution in [0.1, 0.15) is 0 Å². The van der Waals surface area contributed by atoms with Gasteiger partial charge >= 0.3 is 12.3 Å². The maximum absolute atomic E-state index is 12.4. The standard InChI is InChI=1S/C13H15F3N2O5S/c14-13(15,16)23-10-1-3-11(4-2-10)24(21,22)18-7-5-17(6-8-18)9-12(19)20/h1-4H,5-9H2,(H,19,20). The highest BCUT2D eigenvalue weighted by molar-refractivity contribution is 7.89. The van der Waals surface area contributed by atoms with Crippen molar-refractivity contribution in [2.24, 2.45) is 0 Å². The molecule has 1 aromatic carbocycles. The maximum Gasteiger partial charge on any atom is 0.573 e. The highest BCUT2D eigenvalue weighted by Gasteiger charge is 2.32. The topological polar surface area (TPSA) is 87.2 Å². The van der Waals surface area contributed by atoms with E-state index in [1.807, 2.05) is 0 Å². The minimum atomic E-state index is -4.85. The Bertz CT molecular complexity index is 683. The lowest BCUT2D eigenvalue weighted by Gasteiger charge is -2.33. The van der Waals surface area contributed by atoms with Crippen LogP contribution < -0.4 is 4.74 Å². The molecule has 134 valence electrons. The Morgan fingerprint density at radius 2 is 1.67 bits per heavy atom. The van der Waals surface area contributed by atoms with Crippen molar-refractivity contribution < 1.29 is 36.2 Å². The Kier molecular flexibility index (Phi) is 5.35. The lowest BCUT2D eigenvalue weighted by molar-refractivity contribution is -0.274. The second kappa shape index (κ2) is 6.95. The average Bonchev–Trinajstić information content (AvgIpc) is 2.46. The van der Waals surface area contributed by atoms with Gasteiger partial charge in [-0.05, 0) is 24.3 Å². The molecule has 11 heteroatoms. The molecule has 0 aromatic heterocycles. The minimum absolute atomic E-state index is 0.108. The zero-order valence-corrected chi connectivity index (χ0v) is 13.2. The molecular formula is C13H15F3N2O5S. The van der Waals surface area contributed by atoms with Crippen LogP contribution in [-0.2, 0) is 14.8 Å². The number of rotatable bonds is 5. The van der Waals surface area contributed by atoms with Gasteiger partial charge in [-0.2, -0.15) is 4.31 Å². The molecule has 1 fully saturated rings. The molecule has 0 bridgehead atoms. The molecule has 24 heavy (non-hydrogen) atoms. The van der Waals surface area contributed by atoms with Gasteiger partial charge in [-0.1, -0.05) is 0 Å². The molecule has 2 rings (SSSR count). The van der Waals surface area contributed by atoms with Crippen molar-refractivity contribution in [1.82, 2.24) is 9.21 Å². The average molecular weight is 368 g/mol. The molecule has 1 heterocycles. The van der Waals surface area contributed by atoms with Crippen LogP contribution in [0.4, 0.5) is 13.2 Å². The molecule has 1 saturated heterocycles. The Balaban J connectivity index is 2.04. The van der Waals surface area contributed by atoms with Gasteiger partial charge in [0.1, 0.15) is 5.75 Å². The Labute approximate surface area is 136 Å². The summed E-state index contributed by atoms with van der Waals surface area (Å²) >= 11 is 0. The first kappa shape index (κ1) is 18.5. The third kappa shape index (κ3) is 4.82. The molecule has 1 aliphatic rings. The third-order valence-corrected chi connectivity index (χ3v) is 5.30. The first-order valence-electron chi connectivity index (χ1n) is 6.88. The number of nitrogens with zero attached hydrogens (tertiary/aromatic N) is 2. The van der Waals surface area contributed by atoms with Crippen LogP contribution in [0.3, 0.4) is 0 Å². The number of piperazine rings is 1. The molecule has 1 N–H and O–H groups in total. The van der Waals surface area contributed by atoms with E-state index in [1.165, 1.54) is 4.31 Å². The van der Waals surface area contributed by atoms with E-state index in [-0.39, 0.29) is 37.6 Å². The fraction of sp³-hybridized carbons (Fsp3) is 0.462. The predicted molar refractivity (Wildman–Crippen MR) is 76.0 cm³/mol. The molecule has 0 saturated carbocycles. The zero-order valence-electron chi connectivity index (χ0n) is 12.4. The molecule has 0 amide bonds. The second-order valence-electron chi connectivity index (χ2n) is 5.09. The number of hydrogen-bond donors (Lipinski definition) is 1. The molecule has 1 aliphatic heterocycles. The molecule has 7 nitrogen and oxygen atoms in total. The summed E-state index contributed by atoms with van der Waals surface area (Å²) in [6, 6.07) is 3.95. The van der Waals surface area contributed by atoms with Crippen molar-refractivity contribution in [2.75, 3.05) is 32.7 Å². The highest BCUT2D eigenvalue weighted by atomic mass is 32.2. The van der Waals surface area contributed by atoms with E-state index in [0.29, 0.717) is 0 Å². The Morgan fingerprint density at radius 3 is 2.12 bits per heavy atom. The first-order chi connectivity index (χ1) is 11.1. The zero-order chi connectivity index (χ0) is 18.0. The minimum Gasteiger partial charge on any atom is -0.480 e. The summed E-state index contributed by atoms with van der Waals surface area (Å²) in [5.41, 5.74) is 0. The molecular weight excluding hydrogens is 353 g/mol. The van der Waals surface area contributed by atoms with E-state index >= 15 is 0 Å². The summed E-state index contributed by atoms with van der Waals surface area (Å²) in [5, 5.41) is 8.71. The summed E-state index contributed by atoms with van der Waals surface area (Å²) in [6.07, 6.45) is -4.85. The smallest absolute Gasteiger partial charge is 0.480 e. The van der Waals surface area contributed by atoms with E-state index in [1.54, 1.807) is 4.90 Å². The van der Waals surface area contributed by atoms with Gasteiger partial charge in [0.15, 0.2) is 0 Å². The molecule has 0 spiro atoms. The van der Waals surface area contributed by atoms with Crippen molar-refractivity contribution in [1.29, 1.82) is 0 Å². The third-order valence-electron chi connectivity index (χ3n) is 3.39. The van der Waals surface area contributed by atoms with Crippen molar-refractivity contribution in [2.45, 2.75) is 11.3 Å². The fourth-order valence-corrected chi connectivity index (χ4v) is 3.70. The van der Waals surface area contributed by atoms with Crippen molar-refractivity contribution in [3.05, 3.63) is 24.3 Å². The molecule has 0 aliphatic carbocycles. The maximum atomic E-state index is 12.4. The van der Waals surface area contributed by atoms with Crippen molar-refractivity contribution >= 4 is 16.0 Å². The highest BCUT2D eigenvalue weighted by Crippen LogP contribution is 2.25. The van der Waals surface area contributed by atoms with Crippen LogP contribution in [-0.4, -0.2) is 67.8 Å². The van der Waals surface area contributed by atoms with E-state index in [2.05, 4.69) is 4.74 Å². The summed E-state index contributed by atoms with van der Waals surface area (Å²) in [6.45, 7) is 0.575. The largest absolute Gasteiger partial charge is 0.573 e. The Morgan fingerprint density at radius 1 is 1.12 bits per heavy atom. The van der Waals surface area contributed by atoms with Gasteiger partial charge in [0.2, 0.25) is 10.0 Å². The van der Waals surface area contributed by atoms with Gasteiger partial charge in [-0.3, -0.25) is 9.69 Å². The van der Waals surface area contributed by atoms with Gasteiger partial charge < -0.3 is 9.84 Å². The number of carboxylic acids is 1. The van der Waals surface area contributed by atoms with Crippen LogP contribution >= 0.6 is 0 Å². The van der Waals surface area contributed by atoms with Gasteiger partial charge in [0, 0.05) is 26.2 Å². The molecule has 0 unspecified atom stereocenters. The number of sulfonamides is 1. The predicted octanol–water partition coefficient (Wildman–Crippen LogP) is 0.976. The van der Waals surface area contributed by atoms with E-state index in [9.17, 15) is 26.4 Å². The first-order valence-corrected chi connectivity index (χ1v) is 8.32. The van der Waals surface area contributed by atoms with Crippen LogP contribution in [0.5, 0.6) is 5.75 Å². The number of halogens is 3. The number of ether oxygens (including phenoxy) is 1. The van der Waals surface area contributed by atoms with Crippen molar-refractivity contribution in [3.8, 4) is 5.75 Å². The molecule has 1 aromatic rings. The fourth-order valence-electron chi connectivity index (χ4n) is 2.28. The lowest BCUT2D eigenvalue weighted by atomic mass is 10.3. The Hall–Kier alpha value is -1.85. The van der Waals surface area contributed by atoms with E-state index < -0.39 is 28.1 Å². The number of benzene rings is 1. The van der Waals surface area contributed by atoms with Crippen LogP contribution in [0.2, 0.25) is 0 Å².